The van der Waals surface area contributed by atoms with Crippen molar-refractivity contribution in [2.75, 3.05) is 6.54 Å². The lowest BCUT2D eigenvalue weighted by Crippen LogP contribution is -2.37. The molecule has 1 heterocycles. The van der Waals surface area contributed by atoms with Gasteiger partial charge in [0.05, 0.1) is 17.3 Å². The van der Waals surface area contributed by atoms with E-state index in [9.17, 15) is 14.4 Å². The Balaban J connectivity index is 2.80. The number of hydrogen-bond acceptors (Lipinski definition) is 4. The molecule has 0 aliphatic carbocycles. The van der Waals surface area contributed by atoms with Crippen LogP contribution in [0.25, 0.3) is 10.9 Å². The molecule has 0 fully saturated rings. The third kappa shape index (κ3) is 2.41. The minimum atomic E-state index is -1.04. The van der Waals surface area contributed by atoms with E-state index in [1.165, 1.54) is 0 Å². The van der Waals surface area contributed by atoms with E-state index in [1.54, 1.807) is 18.2 Å². The summed E-state index contributed by atoms with van der Waals surface area (Å²) in [6.45, 7) is 0.237. The standard InChI is InChI=1S/C12H13N3O4/c13-4-5-15-11(18)10-7(6-9(16)17)2-1-3-8(10)14-12(15)19/h1-3H,4-6,13H2,(H,14,19)(H,16,17). The molecular weight excluding hydrogens is 250 g/mol. The monoisotopic (exact) mass is 263 g/mol. The van der Waals surface area contributed by atoms with E-state index >= 15 is 0 Å². The topological polar surface area (TPSA) is 118 Å². The lowest BCUT2D eigenvalue weighted by Gasteiger charge is -2.07. The van der Waals surface area contributed by atoms with E-state index in [0.717, 1.165) is 4.57 Å². The number of benzene rings is 1. The molecule has 7 heteroatoms. The smallest absolute Gasteiger partial charge is 0.328 e. The first-order chi connectivity index (χ1) is 9.04. The van der Waals surface area contributed by atoms with Gasteiger partial charge in [0.25, 0.3) is 5.56 Å². The first-order valence-electron chi connectivity index (χ1n) is 5.71. The van der Waals surface area contributed by atoms with Crippen molar-refractivity contribution in [2.24, 2.45) is 5.73 Å². The van der Waals surface area contributed by atoms with Gasteiger partial charge in [-0.3, -0.25) is 14.2 Å². The average molecular weight is 263 g/mol. The lowest BCUT2D eigenvalue weighted by molar-refractivity contribution is -0.136. The highest BCUT2D eigenvalue weighted by molar-refractivity contribution is 5.85. The van der Waals surface area contributed by atoms with Crippen molar-refractivity contribution in [3.05, 3.63) is 44.6 Å². The first-order valence-corrected chi connectivity index (χ1v) is 5.71. The summed E-state index contributed by atoms with van der Waals surface area (Å²) in [4.78, 5) is 37.3. The van der Waals surface area contributed by atoms with E-state index in [1.807, 2.05) is 0 Å². The van der Waals surface area contributed by atoms with Gasteiger partial charge >= 0.3 is 11.7 Å². The van der Waals surface area contributed by atoms with Crippen LogP contribution in [0.5, 0.6) is 0 Å². The van der Waals surface area contributed by atoms with E-state index in [2.05, 4.69) is 4.98 Å². The van der Waals surface area contributed by atoms with Gasteiger partial charge in [0.15, 0.2) is 0 Å². The van der Waals surface area contributed by atoms with Crippen LogP contribution in [0.3, 0.4) is 0 Å². The Labute approximate surface area is 107 Å². The summed E-state index contributed by atoms with van der Waals surface area (Å²) in [5, 5.41) is 9.06. The van der Waals surface area contributed by atoms with Crippen molar-refractivity contribution >= 4 is 16.9 Å². The van der Waals surface area contributed by atoms with Crippen molar-refractivity contribution in [1.29, 1.82) is 0 Å². The molecule has 0 aliphatic heterocycles. The maximum atomic E-state index is 12.2. The minimum absolute atomic E-state index is 0.0888. The predicted molar refractivity (Wildman–Crippen MR) is 69.2 cm³/mol. The molecule has 4 N–H and O–H groups in total. The van der Waals surface area contributed by atoms with Crippen molar-refractivity contribution < 1.29 is 9.90 Å². The number of carbonyl (C=O) groups is 1. The molecule has 1 aromatic heterocycles. The van der Waals surface area contributed by atoms with Gasteiger partial charge in [-0.25, -0.2) is 4.79 Å². The fraction of sp³-hybridized carbons (Fsp3) is 0.250. The highest BCUT2D eigenvalue weighted by atomic mass is 16.4. The predicted octanol–water partition coefficient (Wildman–Crippen LogP) is -0.724. The Bertz CT molecular complexity index is 745. The Hall–Kier alpha value is -2.41. The summed E-state index contributed by atoms with van der Waals surface area (Å²) in [5.41, 5.74) is 5.00. The normalized spacial score (nSPS) is 10.8. The number of aromatic amines is 1. The third-order valence-electron chi connectivity index (χ3n) is 2.79. The van der Waals surface area contributed by atoms with Crippen LogP contribution in [0.2, 0.25) is 0 Å². The second-order valence-corrected chi connectivity index (χ2v) is 4.09. The van der Waals surface area contributed by atoms with Gasteiger partial charge in [-0.15, -0.1) is 0 Å². The van der Waals surface area contributed by atoms with Gasteiger partial charge in [0.2, 0.25) is 0 Å². The summed E-state index contributed by atoms with van der Waals surface area (Å²) in [6, 6.07) is 4.72. The zero-order valence-electron chi connectivity index (χ0n) is 10.0. The minimum Gasteiger partial charge on any atom is -0.481 e. The molecule has 19 heavy (non-hydrogen) atoms. The van der Waals surface area contributed by atoms with Gasteiger partial charge < -0.3 is 15.8 Å². The van der Waals surface area contributed by atoms with Crippen LogP contribution in [-0.2, 0) is 17.8 Å². The molecule has 0 spiro atoms. The number of rotatable bonds is 4. The summed E-state index contributed by atoms with van der Waals surface area (Å²) in [5.74, 6) is -1.04. The van der Waals surface area contributed by atoms with E-state index in [-0.39, 0.29) is 24.9 Å². The van der Waals surface area contributed by atoms with Gasteiger partial charge in [-0.05, 0) is 11.6 Å². The highest BCUT2D eigenvalue weighted by Crippen LogP contribution is 2.12. The fourth-order valence-corrected chi connectivity index (χ4v) is 2.01. The molecule has 2 rings (SSSR count). The van der Waals surface area contributed by atoms with Crippen LogP contribution in [0.15, 0.2) is 27.8 Å². The molecule has 0 saturated carbocycles. The van der Waals surface area contributed by atoms with E-state index in [4.69, 9.17) is 10.8 Å². The van der Waals surface area contributed by atoms with Gasteiger partial charge in [0, 0.05) is 13.1 Å². The van der Waals surface area contributed by atoms with Crippen LogP contribution < -0.4 is 17.0 Å². The van der Waals surface area contributed by atoms with Crippen LogP contribution in [-0.4, -0.2) is 27.2 Å². The quantitative estimate of drug-likeness (QED) is 0.672. The van der Waals surface area contributed by atoms with Crippen molar-refractivity contribution in [2.45, 2.75) is 13.0 Å². The molecule has 0 atom stereocenters. The molecule has 7 nitrogen and oxygen atoms in total. The molecule has 0 amide bonds. The summed E-state index contributed by atoms with van der Waals surface area (Å²) < 4.78 is 0.980. The van der Waals surface area contributed by atoms with Gasteiger partial charge in [-0.1, -0.05) is 12.1 Å². The summed E-state index contributed by atoms with van der Waals surface area (Å²) in [6.07, 6.45) is -0.277. The number of nitrogens with two attached hydrogens (primary N) is 1. The molecule has 2 aromatic rings. The Morgan fingerprint density at radius 1 is 1.37 bits per heavy atom. The molecular formula is C12H13N3O4. The first kappa shape index (κ1) is 13.0. The molecule has 1 aromatic carbocycles. The Morgan fingerprint density at radius 2 is 2.11 bits per heavy atom. The molecule has 0 unspecified atom stereocenters. The van der Waals surface area contributed by atoms with E-state index < -0.39 is 17.2 Å². The molecule has 0 saturated heterocycles. The van der Waals surface area contributed by atoms with Crippen molar-refractivity contribution in [3.8, 4) is 0 Å². The molecule has 0 radical (unpaired) electrons. The van der Waals surface area contributed by atoms with Gasteiger partial charge in [-0.2, -0.15) is 0 Å². The molecule has 0 bridgehead atoms. The zero-order valence-corrected chi connectivity index (χ0v) is 10.0. The summed E-state index contributed by atoms with van der Waals surface area (Å²) >= 11 is 0. The van der Waals surface area contributed by atoms with Crippen LogP contribution >= 0.6 is 0 Å². The Kier molecular flexibility index (Phi) is 3.48. The highest BCUT2D eigenvalue weighted by Gasteiger charge is 2.12. The SMILES string of the molecule is NCCn1c(=O)[nH]c2cccc(CC(=O)O)c2c1=O. The van der Waals surface area contributed by atoms with Crippen LogP contribution in [0.4, 0.5) is 0 Å². The van der Waals surface area contributed by atoms with Crippen molar-refractivity contribution in [3.63, 3.8) is 0 Å². The molecule has 100 valence electrons. The number of aromatic nitrogens is 2. The summed E-state index contributed by atoms with van der Waals surface area (Å²) in [7, 11) is 0. The maximum Gasteiger partial charge on any atom is 0.328 e. The third-order valence-corrected chi connectivity index (χ3v) is 2.79. The zero-order chi connectivity index (χ0) is 14.0. The number of fused-ring (bicyclic) bond motifs is 1. The maximum absolute atomic E-state index is 12.2. The number of hydrogen-bond donors (Lipinski definition) is 3. The number of nitrogens with one attached hydrogen (secondary N) is 1. The lowest BCUT2D eigenvalue weighted by atomic mass is 10.1. The second-order valence-electron chi connectivity index (χ2n) is 4.09. The van der Waals surface area contributed by atoms with E-state index in [0.29, 0.717) is 11.1 Å². The average Bonchev–Trinajstić information content (AvgIpc) is 2.33. The number of aliphatic carboxylic acids is 1. The van der Waals surface area contributed by atoms with Gasteiger partial charge in [0.1, 0.15) is 0 Å². The van der Waals surface area contributed by atoms with Crippen LogP contribution in [0.1, 0.15) is 5.56 Å². The second kappa shape index (κ2) is 5.07. The number of carboxylic acids is 1. The fourth-order valence-electron chi connectivity index (χ4n) is 2.01. The Morgan fingerprint density at radius 3 is 2.74 bits per heavy atom. The number of H-pyrrole nitrogens is 1. The molecule has 0 aliphatic rings. The van der Waals surface area contributed by atoms with Crippen LogP contribution in [0, 0.1) is 0 Å². The number of nitrogens with zero attached hydrogens (tertiary/aromatic N) is 1. The largest absolute Gasteiger partial charge is 0.481 e. The number of carboxylic acid groups (broad SMARTS) is 1. The van der Waals surface area contributed by atoms with Crippen molar-refractivity contribution in [1.82, 2.24) is 9.55 Å².